The summed E-state index contributed by atoms with van der Waals surface area (Å²) in [6, 6.07) is 4.63. The van der Waals surface area contributed by atoms with Gasteiger partial charge < -0.3 is 15.4 Å². The van der Waals surface area contributed by atoms with Gasteiger partial charge in [-0.2, -0.15) is 0 Å². The summed E-state index contributed by atoms with van der Waals surface area (Å²) < 4.78 is 5.36. The molecule has 24 heavy (non-hydrogen) atoms. The Hall–Kier alpha value is -2.15. The Morgan fingerprint density at radius 1 is 1.29 bits per heavy atom. The third-order valence-electron chi connectivity index (χ3n) is 4.23. The van der Waals surface area contributed by atoms with Gasteiger partial charge in [0.1, 0.15) is 5.69 Å². The van der Waals surface area contributed by atoms with Crippen molar-refractivity contribution in [3.8, 4) is 0 Å². The van der Waals surface area contributed by atoms with Crippen LogP contribution in [0.15, 0.2) is 18.2 Å². The van der Waals surface area contributed by atoms with E-state index >= 15 is 0 Å². The molecule has 132 valence electrons. The monoisotopic (exact) mass is 335 g/mol. The Morgan fingerprint density at radius 2 is 1.96 bits per heavy atom. The largest absolute Gasteiger partial charge is 0.381 e. The van der Waals surface area contributed by atoms with Gasteiger partial charge in [-0.05, 0) is 51.7 Å². The molecular formula is C17H25N3O4. The highest BCUT2D eigenvalue weighted by Crippen LogP contribution is 2.29. The summed E-state index contributed by atoms with van der Waals surface area (Å²) in [6.07, 6.45) is 1.88. The van der Waals surface area contributed by atoms with Crippen LogP contribution >= 0.6 is 0 Å². The number of benzene rings is 1. The summed E-state index contributed by atoms with van der Waals surface area (Å²) in [7, 11) is 0. The van der Waals surface area contributed by atoms with E-state index in [1.165, 1.54) is 6.07 Å². The first-order valence-corrected chi connectivity index (χ1v) is 8.32. The molecule has 1 saturated heterocycles. The SMILES string of the molecule is CC(C)NC(=O)c1ccc(NC(C)C2CCOCC2)c([N+](=O)[O-])c1. The number of nitro groups is 1. The highest BCUT2D eigenvalue weighted by Gasteiger charge is 2.24. The lowest BCUT2D eigenvalue weighted by Gasteiger charge is -2.29. The molecule has 1 fully saturated rings. The molecule has 1 aliphatic rings. The van der Waals surface area contributed by atoms with Gasteiger partial charge in [0.2, 0.25) is 0 Å². The lowest BCUT2D eigenvalue weighted by molar-refractivity contribution is -0.384. The van der Waals surface area contributed by atoms with E-state index < -0.39 is 4.92 Å². The van der Waals surface area contributed by atoms with Crippen LogP contribution in [0.4, 0.5) is 11.4 Å². The maximum Gasteiger partial charge on any atom is 0.293 e. The molecule has 7 heteroatoms. The lowest BCUT2D eigenvalue weighted by atomic mass is 9.92. The van der Waals surface area contributed by atoms with E-state index in [1.54, 1.807) is 12.1 Å². The number of nitrogens with zero attached hydrogens (tertiary/aromatic N) is 1. The summed E-state index contributed by atoms with van der Waals surface area (Å²) in [4.78, 5) is 23.0. The van der Waals surface area contributed by atoms with Crippen LogP contribution in [0, 0.1) is 16.0 Å². The van der Waals surface area contributed by atoms with Gasteiger partial charge in [-0.25, -0.2) is 0 Å². The summed E-state index contributed by atoms with van der Waals surface area (Å²) in [5, 5.41) is 17.4. The van der Waals surface area contributed by atoms with Gasteiger partial charge in [0.25, 0.3) is 11.6 Å². The van der Waals surface area contributed by atoms with Crippen LogP contribution in [0.5, 0.6) is 0 Å². The number of anilines is 1. The number of nitrogens with one attached hydrogen (secondary N) is 2. The molecule has 1 atom stereocenters. The number of nitro benzene ring substituents is 1. The van der Waals surface area contributed by atoms with Crippen molar-refractivity contribution in [1.82, 2.24) is 5.32 Å². The van der Waals surface area contributed by atoms with Crippen molar-refractivity contribution in [1.29, 1.82) is 0 Å². The molecule has 7 nitrogen and oxygen atoms in total. The molecule has 0 aliphatic carbocycles. The standard InChI is InChI=1S/C17H25N3O4/c1-11(2)18-17(21)14-4-5-15(16(10-14)20(22)23)19-12(3)13-6-8-24-9-7-13/h4-5,10-13,19H,6-9H2,1-3H3,(H,18,21). The van der Waals surface area contributed by atoms with Crippen molar-refractivity contribution in [2.75, 3.05) is 18.5 Å². The van der Waals surface area contributed by atoms with E-state index in [0.717, 1.165) is 26.1 Å². The fourth-order valence-electron chi connectivity index (χ4n) is 2.87. The van der Waals surface area contributed by atoms with E-state index in [4.69, 9.17) is 4.74 Å². The lowest BCUT2D eigenvalue weighted by Crippen LogP contribution is -2.31. The number of carbonyl (C=O) groups is 1. The predicted molar refractivity (Wildman–Crippen MR) is 92.3 cm³/mol. The summed E-state index contributed by atoms with van der Waals surface area (Å²) in [5.41, 5.74) is 0.657. The predicted octanol–water partition coefficient (Wildman–Crippen LogP) is 2.96. The number of amides is 1. The highest BCUT2D eigenvalue weighted by molar-refractivity contribution is 5.95. The molecule has 1 aromatic carbocycles. The van der Waals surface area contributed by atoms with Crippen molar-refractivity contribution in [3.63, 3.8) is 0 Å². The van der Waals surface area contributed by atoms with Crippen molar-refractivity contribution in [2.24, 2.45) is 5.92 Å². The molecule has 1 unspecified atom stereocenters. The first kappa shape index (κ1) is 18.2. The van der Waals surface area contributed by atoms with Crippen molar-refractivity contribution in [3.05, 3.63) is 33.9 Å². The number of hydrogen-bond donors (Lipinski definition) is 2. The van der Waals surface area contributed by atoms with Crippen molar-refractivity contribution in [2.45, 2.75) is 45.7 Å². The smallest absolute Gasteiger partial charge is 0.293 e. The molecule has 0 aromatic heterocycles. The van der Waals surface area contributed by atoms with E-state index in [-0.39, 0.29) is 23.7 Å². The van der Waals surface area contributed by atoms with Crippen molar-refractivity contribution < 1.29 is 14.5 Å². The molecule has 0 bridgehead atoms. The molecule has 1 aromatic rings. The van der Waals surface area contributed by atoms with E-state index in [9.17, 15) is 14.9 Å². The zero-order valence-electron chi connectivity index (χ0n) is 14.4. The van der Waals surface area contributed by atoms with Gasteiger partial charge in [0.15, 0.2) is 0 Å². The Balaban J connectivity index is 2.17. The third-order valence-corrected chi connectivity index (χ3v) is 4.23. The van der Waals surface area contributed by atoms with Crippen LogP contribution in [0.3, 0.4) is 0 Å². The second kappa shape index (κ2) is 8.10. The van der Waals surface area contributed by atoms with E-state index in [2.05, 4.69) is 10.6 Å². The number of rotatable bonds is 6. The van der Waals surface area contributed by atoms with Crippen LogP contribution in [0.2, 0.25) is 0 Å². The Bertz CT molecular complexity index is 597. The fraction of sp³-hybridized carbons (Fsp3) is 0.588. The third kappa shape index (κ3) is 4.67. The molecule has 2 N–H and O–H groups in total. The molecular weight excluding hydrogens is 310 g/mol. The maximum atomic E-state index is 12.0. The van der Waals surface area contributed by atoms with E-state index in [0.29, 0.717) is 17.2 Å². The number of ether oxygens (including phenoxy) is 1. The molecule has 0 saturated carbocycles. The first-order valence-electron chi connectivity index (χ1n) is 8.32. The molecule has 1 heterocycles. The summed E-state index contributed by atoms with van der Waals surface area (Å²) >= 11 is 0. The van der Waals surface area contributed by atoms with Crippen LogP contribution in [-0.2, 0) is 4.74 Å². The Labute approximate surface area is 141 Å². The minimum Gasteiger partial charge on any atom is -0.381 e. The normalized spacial score (nSPS) is 16.7. The molecule has 0 radical (unpaired) electrons. The summed E-state index contributed by atoms with van der Waals surface area (Å²) in [5.74, 6) is 0.111. The zero-order valence-corrected chi connectivity index (χ0v) is 14.4. The average molecular weight is 335 g/mol. The van der Waals surface area contributed by atoms with Crippen LogP contribution in [0.1, 0.15) is 44.0 Å². The first-order chi connectivity index (χ1) is 11.4. The van der Waals surface area contributed by atoms with Crippen LogP contribution in [-0.4, -0.2) is 36.1 Å². The number of carbonyl (C=O) groups excluding carboxylic acids is 1. The zero-order chi connectivity index (χ0) is 17.7. The topological polar surface area (TPSA) is 93.5 Å². The van der Waals surface area contributed by atoms with Gasteiger partial charge >= 0.3 is 0 Å². The molecule has 1 amide bonds. The van der Waals surface area contributed by atoms with Gasteiger partial charge in [0.05, 0.1) is 4.92 Å². The minimum absolute atomic E-state index is 0.0251. The molecule has 1 aliphatic heterocycles. The summed E-state index contributed by atoms with van der Waals surface area (Å²) in [6.45, 7) is 7.18. The molecule has 2 rings (SSSR count). The van der Waals surface area contributed by atoms with E-state index in [1.807, 2.05) is 20.8 Å². The second-order valence-corrected chi connectivity index (χ2v) is 6.50. The molecule has 0 spiro atoms. The minimum atomic E-state index is -0.453. The second-order valence-electron chi connectivity index (χ2n) is 6.50. The Morgan fingerprint density at radius 3 is 2.54 bits per heavy atom. The number of hydrogen-bond acceptors (Lipinski definition) is 5. The van der Waals surface area contributed by atoms with Gasteiger partial charge in [0, 0.05) is 36.9 Å². The van der Waals surface area contributed by atoms with Gasteiger partial charge in [-0.3, -0.25) is 14.9 Å². The van der Waals surface area contributed by atoms with Gasteiger partial charge in [-0.15, -0.1) is 0 Å². The van der Waals surface area contributed by atoms with Gasteiger partial charge in [-0.1, -0.05) is 0 Å². The Kier molecular flexibility index (Phi) is 6.14. The van der Waals surface area contributed by atoms with Crippen LogP contribution < -0.4 is 10.6 Å². The average Bonchev–Trinajstić information content (AvgIpc) is 2.55. The maximum absolute atomic E-state index is 12.0. The van der Waals surface area contributed by atoms with Crippen LogP contribution in [0.25, 0.3) is 0 Å². The van der Waals surface area contributed by atoms with Crippen molar-refractivity contribution >= 4 is 17.3 Å². The fourth-order valence-corrected chi connectivity index (χ4v) is 2.87. The quantitative estimate of drug-likeness (QED) is 0.616. The highest BCUT2D eigenvalue weighted by atomic mass is 16.6.